The molecule has 0 radical (unpaired) electrons. The first kappa shape index (κ1) is 17.0. The summed E-state index contributed by atoms with van der Waals surface area (Å²) in [4.78, 5) is 14.9. The Morgan fingerprint density at radius 2 is 2.08 bits per heavy atom. The van der Waals surface area contributed by atoms with Gasteiger partial charge in [-0.2, -0.15) is 11.3 Å². The van der Waals surface area contributed by atoms with Crippen molar-refractivity contribution in [3.05, 3.63) is 46.7 Å². The monoisotopic (exact) mass is 344 g/mol. The number of likely N-dealkylation sites (tertiary alicyclic amines) is 1. The molecule has 1 aromatic heterocycles. The second-order valence-electron chi connectivity index (χ2n) is 6.50. The number of piperidine rings is 1. The summed E-state index contributed by atoms with van der Waals surface area (Å²) in [6.07, 6.45) is 2.80. The number of rotatable bonds is 5. The van der Waals surface area contributed by atoms with Crippen molar-refractivity contribution in [3.63, 3.8) is 0 Å². The van der Waals surface area contributed by atoms with E-state index in [4.69, 9.17) is 0 Å². The molecule has 24 heavy (non-hydrogen) atoms. The van der Waals surface area contributed by atoms with E-state index in [1.807, 2.05) is 6.07 Å². The zero-order valence-corrected chi connectivity index (χ0v) is 14.8. The van der Waals surface area contributed by atoms with Crippen LogP contribution in [-0.2, 0) is 11.2 Å². The van der Waals surface area contributed by atoms with Crippen LogP contribution in [0.25, 0.3) is 0 Å². The first-order valence-electron chi connectivity index (χ1n) is 8.47. The lowest BCUT2D eigenvalue weighted by Crippen LogP contribution is -2.43. The lowest BCUT2D eigenvalue weighted by Gasteiger charge is -2.35. The molecule has 1 amide bonds. The van der Waals surface area contributed by atoms with E-state index >= 15 is 0 Å². The Balaban J connectivity index is 1.49. The highest BCUT2D eigenvalue weighted by molar-refractivity contribution is 7.07. The van der Waals surface area contributed by atoms with E-state index < -0.39 is 0 Å². The fraction of sp³-hybridized carbons (Fsp3) is 0.421. The smallest absolute Gasteiger partial charge is 0.227 e. The van der Waals surface area contributed by atoms with Crippen molar-refractivity contribution in [1.82, 2.24) is 4.90 Å². The fourth-order valence-corrected chi connectivity index (χ4v) is 3.98. The zero-order valence-electron chi connectivity index (χ0n) is 13.9. The van der Waals surface area contributed by atoms with E-state index in [1.54, 1.807) is 29.5 Å². The van der Waals surface area contributed by atoms with E-state index in [1.165, 1.54) is 5.56 Å². The van der Waals surface area contributed by atoms with E-state index in [0.29, 0.717) is 11.7 Å². The number of phenols is 1. The molecule has 3 rings (SSSR count). The minimum absolute atomic E-state index is 0.0154. The molecule has 0 bridgehead atoms. The second-order valence-corrected chi connectivity index (χ2v) is 7.28. The molecule has 2 heterocycles. The van der Waals surface area contributed by atoms with Crippen LogP contribution in [0.1, 0.15) is 25.3 Å². The number of hydrogen-bond acceptors (Lipinski definition) is 4. The first-order valence-corrected chi connectivity index (χ1v) is 9.41. The number of carbonyl (C=O) groups excluding carboxylic acids is 1. The van der Waals surface area contributed by atoms with E-state index in [2.05, 4.69) is 34.0 Å². The zero-order chi connectivity index (χ0) is 16.9. The van der Waals surface area contributed by atoms with Crippen molar-refractivity contribution in [2.24, 2.45) is 5.92 Å². The van der Waals surface area contributed by atoms with Crippen molar-refractivity contribution in [1.29, 1.82) is 0 Å². The Labute approximate surface area is 147 Å². The summed E-state index contributed by atoms with van der Waals surface area (Å²) in [5.41, 5.74) is 1.89. The lowest BCUT2D eigenvalue weighted by molar-refractivity contribution is -0.121. The van der Waals surface area contributed by atoms with Crippen LogP contribution in [0.3, 0.4) is 0 Å². The first-order chi connectivity index (χ1) is 11.6. The summed E-state index contributed by atoms with van der Waals surface area (Å²) in [5, 5.41) is 17.0. The maximum Gasteiger partial charge on any atom is 0.227 e. The number of hydrogen-bond donors (Lipinski definition) is 2. The summed E-state index contributed by atoms with van der Waals surface area (Å²) in [7, 11) is 0. The topological polar surface area (TPSA) is 52.6 Å². The molecule has 1 saturated heterocycles. The van der Waals surface area contributed by atoms with Gasteiger partial charge in [0.25, 0.3) is 0 Å². The van der Waals surface area contributed by atoms with Crippen LogP contribution in [0.5, 0.6) is 5.75 Å². The van der Waals surface area contributed by atoms with E-state index in [9.17, 15) is 9.90 Å². The Hall–Kier alpha value is -1.85. The predicted molar refractivity (Wildman–Crippen MR) is 98.5 cm³/mol. The molecule has 1 aliphatic rings. The number of nitrogens with zero attached hydrogens (tertiary/aromatic N) is 1. The van der Waals surface area contributed by atoms with Gasteiger partial charge in [0.2, 0.25) is 5.91 Å². The van der Waals surface area contributed by atoms with Crippen LogP contribution >= 0.6 is 11.3 Å². The van der Waals surface area contributed by atoms with Gasteiger partial charge in [0, 0.05) is 12.0 Å². The predicted octanol–water partition coefficient (Wildman–Crippen LogP) is 3.74. The molecule has 2 aromatic rings. The summed E-state index contributed by atoms with van der Waals surface area (Å²) < 4.78 is 0. The summed E-state index contributed by atoms with van der Waals surface area (Å²) in [5.74, 6) is 0.156. The molecule has 1 aliphatic heterocycles. The van der Waals surface area contributed by atoms with Gasteiger partial charge < -0.3 is 15.3 Å². The third-order valence-electron chi connectivity index (χ3n) is 4.80. The van der Waals surface area contributed by atoms with Gasteiger partial charge in [-0.05, 0) is 73.8 Å². The van der Waals surface area contributed by atoms with Gasteiger partial charge in [-0.3, -0.25) is 4.79 Å². The van der Waals surface area contributed by atoms with Gasteiger partial charge in [-0.15, -0.1) is 0 Å². The van der Waals surface area contributed by atoms with Crippen LogP contribution in [0, 0.1) is 5.92 Å². The van der Waals surface area contributed by atoms with Gasteiger partial charge in [-0.1, -0.05) is 12.1 Å². The van der Waals surface area contributed by atoms with Crippen LogP contribution in [0.4, 0.5) is 5.69 Å². The maximum absolute atomic E-state index is 12.4. The van der Waals surface area contributed by atoms with Crippen molar-refractivity contribution < 1.29 is 9.90 Å². The minimum Gasteiger partial charge on any atom is -0.506 e. The summed E-state index contributed by atoms with van der Waals surface area (Å²) >= 11 is 1.74. The van der Waals surface area contributed by atoms with Gasteiger partial charge in [0.1, 0.15) is 5.75 Å². The van der Waals surface area contributed by atoms with Crippen molar-refractivity contribution in [2.45, 2.75) is 32.2 Å². The largest absolute Gasteiger partial charge is 0.506 e. The molecule has 5 heteroatoms. The van der Waals surface area contributed by atoms with E-state index in [0.717, 1.165) is 32.4 Å². The number of para-hydroxylation sites is 2. The van der Waals surface area contributed by atoms with Crippen LogP contribution in [0.15, 0.2) is 41.1 Å². The Morgan fingerprint density at radius 1 is 1.33 bits per heavy atom. The standard InChI is InChI=1S/C19H24N2O2S/c1-14(12-15-8-11-24-13-15)21-9-6-16(7-10-21)19(23)20-17-4-2-3-5-18(17)22/h2-5,8,11,13-14,16,22H,6-7,9-10,12H2,1H3,(H,20,23)/t14-/m1/s1. The molecule has 128 valence electrons. The molecule has 1 fully saturated rings. The lowest BCUT2D eigenvalue weighted by atomic mass is 9.94. The van der Waals surface area contributed by atoms with Crippen LogP contribution in [0.2, 0.25) is 0 Å². The second kappa shape index (κ2) is 7.81. The number of amides is 1. The number of thiophene rings is 1. The number of aromatic hydroxyl groups is 1. The third kappa shape index (κ3) is 4.16. The Morgan fingerprint density at radius 3 is 2.75 bits per heavy atom. The van der Waals surface area contributed by atoms with Gasteiger partial charge >= 0.3 is 0 Å². The number of anilines is 1. The highest BCUT2D eigenvalue weighted by Gasteiger charge is 2.27. The molecule has 4 nitrogen and oxygen atoms in total. The molecule has 2 N–H and O–H groups in total. The maximum atomic E-state index is 12.4. The number of nitrogens with one attached hydrogen (secondary N) is 1. The molecule has 1 aromatic carbocycles. The molecule has 1 atom stereocenters. The molecule has 0 saturated carbocycles. The number of phenolic OH excluding ortho intramolecular Hbond substituents is 1. The fourth-order valence-electron chi connectivity index (χ4n) is 3.30. The Kier molecular flexibility index (Phi) is 5.53. The average molecular weight is 344 g/mol. The highest BCUT2D eigenvalue weighted by atomic mass is 32.1. The quantitative estimate of drug-likeness (QED) is 0.813. The van der Waals surface area contributed by atoms with Gasteiger partial charge in [0.15, 0.2) is 0 Å². The van der Waals surface area contributed by atoms with Crippen molar-refractivity contribution in [3.8, 4) is 5.75 Å². The molecular weight excluding hydrogens is 320 g/mol. The molecular formula is C19H24N2O2S. The van der Waals surface area contributed by atoms with E-state index in [-0.39, 0.29) is 17.6 Å². The molecule has 0 unspecified atom stereocenters. The average Bonchev–Trinajstić information content (AvgIpc) is 3.10. The third-order valence-corrected chi connectivity index (χ3v) is 5.53. The summed E-state index contributed by atoms with van der Waals surface area (Å²) in [6.45, 7) is 4.16. The SMILES string of the molecule is C[C@H](Cc1ccsc1)N1CCC(C(=O)Nc2ccccc2O)CC1. The van der Waals surface area contributed by atoms with Crippen molar-refractivity contribution >= 4 is 22.9 Å². The molecule has 0 aliphatic carbocycles. The normalized spacial score (nSPS) is 17.5. The summed E-state index contributed by atoms with van der Waals surface area (Å²) in [6, 6.07) is 9.56. The van der Waals surface area contributed by atoms with Gasteiger partial charge in [0.05, 0.1) is 5.69 Å². The number of carbonyl (C=O) groups is 1. The van der Waals surface area contributed by atoms with Gasteiger partial charge in [-0.25, -0.2) is 0 Å². The van der Waals surface area contributed by atoms with Crippen LogP contribution < -0.4 is 5.32 Å². The minimum atomic E-state index is 0.0154. The Bertz CT molecular complexity index is 664. The van der Waals surface area contributed by atoms with Crippen LogP contribution in [-0.4, -0.2) is 35.0 Å². The molecule has 0 spiro atoms. The highest BCUT2D eigenvalue weighted by Crippen LogP contribution is 2.25. The van der Waals surface area contributed by atoms with Crippen molar-refractivity contribution in [2.75, 3.05) is 18.4 Å². The number of benzene rings is 1.